The molecule has 3 heteroatoms. The summed E-state index contributed by atoms with van der Waals surface area (Å²) in [6.45, 7) is 0. The van der Waals surface area contributed by atoms with Gasteiger partial charge in [-0.3, -0.25) is 0 Å². The maximum Gasteiger partial charge on any atom is 0.132 e. The van der Waals surface area contributed by atoms with Gasteiger partial charge in [0.05, 0.1) is 16.1 Å². The van der Waals surface area contributed by atoms with Gasteiger partial charge in [0.25, 0.3) is 0 Å². The first-order chi connectivity index (χ1) is 4.34. The van der Waals surface area contributed by atoms with Gasteiger partial charge < -0.3 is 5.11 Å². The third-order valence-corrected chi connectivity index (χ3v) is 1.66. The van der Waals surface area contributed by atoms with Crippen molar-refractivity contribution < 1.29 is 9.32 Å². The Hall–Kier alpha value is -0.830. The zero-order valence-electron chi connectivity index (χ0n) is 4.70. The van der Waals surface area contributed by atoms with Crippen LogP contribution in [0, 0.1) is 0 Å². The Morgan fingerprint density at radius 3 is 2.89 bits per heavy atom. The molecule has 0 amide bonds. The number of rotatable bonds is 0. The summed E-state index contributed by atoms with van der Waals surface area (Å²) >= 11 is 0.351. The quantitative estimate of drug-likeness (QED) is 0.507. The van der Waals surface area contributed by atoms with Crippen molar-refractivity contribution in [3.05, 3.63) is 24.0 Å². The molecule has 0 spiro atoms. The Morgan fingerprint density at radius 2 is 2.44 bits per heavy atom. The van der Waals surface area contributed by atoms with Gasteiger partial charge in [-0.05, 0) is 6.08 Å². The minimum atomic E-state index is 0.109. The highest BCUT2D eigenvalue weighted by Gasteiger charge is 2.03. The van der Waals surface area contributed by atoms with Crippen molar-refractivity contribution in [1.29, 1.82) is 0 Å². The standard InChI is InChI=1S/C6H6O2S/c7-5-3-1-2-4-6(5)9-8/h1-3,7H,4H2. The summed E-state index contributed by atoms with van der Waals surface area (Å²) in [6.07, 6.45) is 5.65. The molecule has 0 unspecified atom stereocenters. The Bertz CT molecular complexity index is 221. The van der Waals surface area contributed by atoms with E-state index in [4.69, 9.17) is 5.11 Å². The molecule has 0 aromatic carbocycles. The lowest BCUT2D eigenvalue weighted by Crippen LogP contribution is -2.02. The van der Waals surface area contributed by atoms with Crippen molar-refractivity contribution in [3.63, 3.8) is 0 Å². The Kier molecular flexibility index (Phi) is 1.85. The van der Waals surface area contributed by atoms with Crippen LogP contribution in [0.5, 0.6) is 0 Å². The molecule has 0 aromatic heterocycles. The molecule has 0 saturated carbocycles. The van der Waals surface area contributed by atoms with Gasteiger partial charge in [-0.1, -0.05) is 12.2 Å². The average Bonchev–Trinajstić information content (AvgIpc) is 1.89. The van der Waals surface area contributed by atoms with Gasteiger partial charge in [0.2, 0.25) is 0 Å². The molecule has 0 fully saturated rings. The highest BCUT2D eigenvalue weighted by molar-refractivity contribution is 7.67. The molecule has 1 N–H and O–H groups in total. The van der Waals surface area contributed by atoms with Crippen LogP contribution >= 0.6 is 0 Å². The van der Waals surface area contributed by atoms with E-state index in [0.29, 0.717) is 22.5 Å². The van der Waals surface area contributed by atoms with Crippen LogP contribution in [0.3, 0.4) is 0 Å². The molecule has 1 aliphatic rings. The predicted octanol–water partition coefficient (Wildman–Crippen LogP) is 0.774. The van der Waals surface area contributed by atoms with Crippen molar-refractivity contribution in [2.45, 2.75) is 6.42 Å². The molecular formula is C6H6O2S. The fourth-order valence-electron chi connectivity index (χ4n) is 0.608. The summed E-state index contributed by atoms with van der Waals surface area (Å²) < 4.78 is 10.1. The SMILES string of the molecule is O=S=C1CC=CC=C1O. The number of hydrogen-bond donors (Lipinski definition) is 1. The van der Waals surface area contributed by atoms with Crippen LogP contribution < -0.4 is 0 Å². The van der Waals surface area contributed by atoms with E-state index in [0.717, 1.165) is 0 Å². The maximum absolute atomic E-state index is 10.1. The molecule has 0 heterocycles. The Balaban J connectivity index is 2.96. The second kappa shape index (κ2) is 2.64. The average molecular weight is 142 g/mol. The molecule has 0 bridgehead atoms. The van der Waals surface area contributed by atoms with Gasteiger partial charge >= 0.3 is 0 Å². The second-order valence-electron chi connectivity index (χ2n) is 1.69. The van der Waals surface area contributed by atoms with E-state index in [1.807, 2.05) is 6.08 Å². The second-order valence-corrected chi connectivity index (χ2v) is 2.35. The van der Waals surface area contributed by atoms with E-state index in [2.05, 4.69) is 0 Å². The highest BCUT2D eigenvalue weighted by Crippen LogP contribution is 2.03. The Labute approximate surface area is 56.6 Å². The maximum atomic E-state index is 10.1. The van der Waals surface area contributed by atoms with Gasteiger partial charge in [0.15, 0.2) is 0 Å². The zero-order valence-corrected chi connectivity index (χ0v) is 5.52. The predicted molar refractivity (Wildman–Crippen MR) is 37.6 cm³/mol. The first-order valence-corrected chi connectivity index (χ1v) is 3.30. The number of allylic oxidation sites excluding steroid dienone is 4. The van der Waals surface area contributed by atoms with Gasteiger partial charge in [-0.25, -0.2) is 4.21 Å². The van der Waals surface area contributed by atoms with Crippen molar-refractivity contribution in [3.8, 4) is 0 Å². The fraction of sp³-hybridized carbons (Fsp3) is 0.167. The summed E-state index contributed by atoms with van der Waals surface area (Å²) in [5, 5.41) is 8.92. The van der Waals surface area contributed by atoms with Gasteiger partial charge in [0.1, 0.15) is 5.76 Å². The molecule has 2 nitrogen and oxygen atoms in total. The summed E-state index contributed by atoms with van der Waals surface area (Å²) in [6, 6.07) is 0. The monoisotopic (exact) mass is 142 g/mol. The van der Waals surface area contributed by atoms with Crippen molar-refractivity contribution in [1.82, 2.24) is 0 Å². The van der Waals surface area contributed by atoms with E-state index >= 15 is 0 Å². The van der Waals surface area contributed by atoms with Crippen LogP contribution in [0.4, 0.5) is 0 Å². The van der Waals surface area contributed by atoms with Crippen molar-refractivity contribution in [2.24, 2.45) is 0 Å². The molecule has 0 aliphatic heterocycles. The fourth-order valence-corrected chi connectivity index (χ4v) is 0.926. The first kappa shape index (κ1) is 6.29. The molecule has 1 aliphatic carbocycles. The van der Waals surface area contributed by atoms with Gasteiger partial charge in [-0.15, -0.1) is 0 Å². The Morgan fingerprint density at radius 1 is 1.67 bits per heavy atom. The summed E-state index contributed by atoms with van der Waals surface area (Å²) in [7, 11) is 0. The molecule has 9 heavy (non-hydrogen) atoms. The molecular weight excluding hydrogens is 136 g/mol. The first-order valence-electron chi connectivity index (χ1n) is 2.56. The molecule has 0 aromatic rings. The van der Waals surface area contributed by atoms with Crippen LogP contribution in [0.2, 0.25) is 0 Å². The zero-order chi connectivity index (χ0) is 6.69. The van der Waals surface area contributed by atoms with Crippen molar-refractivity contribution >= 4 is 16.1 Å². The van der Waals surface area contributed by atoms with Crippen LogP contribution in [-0.4, -0.2) is 14.2 Å². The normalized spacial score (nSPS) is 17.3. The lowest BCUT2D eigenvalue weighted by molar-refractivity contribution is 0.443. The van der Waals surface area contributed by atoms with Crippen LogP contribution in [0.1, 0.15) is 6.42 Å². The highest BCUT2D eigenvalue weighted by atomic mass is 32.1. The van der Waals surface area contributed by atoms with E-state index in [-0.39, 0.29) is 5.76 Å². The molecule has 0 radical (unpaired) electrons. The smallest absolute Gasteiger partial charge is 0.132 e. The lowest BCUT2D eigenvalue weighted by atomic mass is 10.2. The molecule has 0 saturated heterocycles. The van der Waals surface area contributed by atoms with E-state index in [1.54, 1.807) is 6.08 Å². The third kappa shape index (κ3) is 1.29. The largest absolute Gasteiger partial charge is 0.507 e. The van der Waals surface area contributed by atoms with Gasteiger partial charge in [0, 0.05) is 6.42 Å². The van der Waals surface area contributed by atoms with Gasteiger partial charge in [-0.2, -0.15) is 0 Å². The summed E-state index contributed by atoms with van der Waals surface area (Å²) in [5.41, 5.74) is 0. The topological polar surface area (TPSA) is 37.3 Å². The van der Waals surface area contributed by atoms with Crippen LogP contribution in [0.15, 0.2) is 24.0 Å². The minimum Gasteiger partial charge on any atom is -0.507 e. The van der Waals surface area contributed by atoms with Crippen molar-refractivity contribution in [2.75, 3.05) is 0 Å². The third-order valence-electron chi connectivity index (χ3n) is 1.08. The van der Waals surface area contributed by atoms with E-state index in [9.17, 15) is 4.21 Å². The van der Waals surface area contributed by atoms with E-state index in [1.165, 1.54) is 6.08 Å². The molecule has 48 valence electrons. The molecule has 1 rings (SSSR count). The number of aliphatic hydroxyl groups is 1. The van der Waals surface area contributed by atoms with E-state index < -0.39 is 0 Å². The lowest BCUT2D eigenvalue weighted by Gasteiger charge is -2.00. The molecule has 0 atom stereocenters. The number of aliphatic hydroxyl groups excluding tert-OH is 1. The van der Waals surface area contributed by atoms with Crippen LogP contribution in [-0.2, 0) is 11.3 Å². The number of hydrogen-bond acceptors (Lipinski definition) is 2. The summed E-state index contributed by atoms with van der Waals surface area (Å²) in [5.74, 6) is 0.109. The summed E-state index contributed by atoms with van der Waals surface area (Å²) in [4.78, 5) is 0.498. The van der Waals surface area contributed by atoms with Crippen LogP contribution in [0.25, 0.3) is 0 Å². The minimum absolute atomic E-state index is 0.109.